The standard InChI is InChI=1S/C14H15BrN2O2.C13H13BrO4/c1-4-19-14(18)12-9(2)16-17(3)13(12)10-5-7-11(15)8-6-10;1-3-18-13(17)11(8(2)15)12(16)9-4-6-10(14)7-5-9/h5-8H,4H2,1-3H3;4-7,11H,3H2,1-2H3. The number of Topliss-reactive ketones (excluding diaryl/α,β-unsaturated/α-hetero) is 2. The quantitative estimate of drug-likeness (QED) is 0.177. The third-order valence-corrected chi connectivity index (χ3v) is 6.20. The zero-order chi connectivity index (χ0) is 27.7. The van der Waals surface area contributed by atoms with Gasteiger partial charge in [0.05, 0.1) is 24.6 Å². The SMILES string of the molecule is CCOC(=O)C(C(C)=O)C(=O)c1ccc(Br)cc1.CCOC(=O)c1c(C)nn(C)c1-c1ccc(Br)cc1. The van der Waals surface area contributed by atoms with E-state index in [2.05, 4.69) is 37.0 Å². The summed E-state index contributed by atoms with van der Waals surface area (Å²) in [6, 6.07) is 14.2. The molecule has 0 saturated heterocycles. The lowest BCUT2D eigenvalue weighted by Crippen LogP contribution is -2.32. The molecule has 0 amide bonds. The van der Waals surface area contributed by atoms with Crippen molar-refractivity contribution in [1.29, 1.82) is 0 Å². The highest BCUT2D eigenvalue weighted by atomic mass is 79.9. The van der Waals surface area contributed by atoms with Gasteiger partial charge in [0.15, 0.2) is 17.5 Å². The number of hydrogen-bond acceptors (Lipinski definition) is 7. The van der Waals surface area contributed by atoms with Crippen LogP contribution in [0.2, 0.25) is 0 Å². The van der Waals surface area contributed by atoms with Crippen LogP contribution >= 0.6 is 31.9 Å². The van der Waals surface area contributed by atoms with Crippen molar-refractivity contribution < 1.29 is 28.7 Å². The average Bonchev–Trinajstić information content (AvgIpc) is 3.14. The Balaban J connectivity index is 0.000000261. The van der Waals surface area contributed by atoms with E-state index in [1.54, 1.807) is 42.8 Å². The molecule has 0 aliphatic rings. The van der Waals surface area contributed by atoms with E-state index in [-0.39, 0.29) is 12.6 Å². The van der Waals surface area contributed by atoms with Crippen LogP contribution in [0.5, 0.6) is 0 Å². The summed E-state index contributed by atoms with van der Waals surface area (Å²) >= 11 is 6.64. The Morgan fingerprint density at radius 3 is 1.89 bits per heavy atom. The summed E-state index contributed by atoms with van der Waals surface area (Å²) < 4.78 is 13.4. The van der Waals surface area contributed by atoms with Gasteiger partial charge in [0.1, 0.15) is 5.56 Å². The summed E-state index contributed by atoms with van der Waals surface area (Å²) in [7, 11) is 1.83. The largest absolute Gasteiger partial charge is 0.465 e. The van der Waals surface area contributed by atoms with E-state index in [9.17, 15) is 19.2 Å². The Labute approximate surface area is 232 Å². The van der Waals surface area contributed by atoms with Gasteiger partial charge in [-0.25, -0.2) is 4.79 Å². The lowest BCUT2D eigenvalue weighted by atomic mass is 9.94. The predicted molar refractivity (Wildman–Crippen MR) is 146 cm³/mol. The number of rotatable bonds is 8. The van der Waals surface area contributed by atoms with E-state index in [1.807, 2.05) is 38.2 Å². The van der Waals surface area contributed by atoms with Gasteiger partial charge in [-0.05, 0) is 52.0 Å². The Kier molecular flexibility index (Phi) is 11.4. The van der Waals surface area contributed by atoms with Gasteiger partial charge < -0.3 is 9.47 Å². The minimum absolute atomic E-state index is 0.135. The maximum Gasteiger partial charge on any atom is 0.342 e. The van der Waals surface area contributed by atoms with Crippen molar-refractivity contribution in [2.24, 2.45) is 13.0 Å². The molecule has 0 fully saturated rings. The van der Waals surface area contributed by atoms with Crippen LogP contribution in [0.15, 0.2) is 57.5 Å². The number of carbonyl (C=O) groups is 4. The number of hydrogen-bond donors (Lipinski definition) is 0. The maximum absolute atomic E-state index is 12.1. The summed E-state index contributed by atoms with van der Waals surface area (Å²) in [4.78, 5) is 47.1. The van der Waals surface area contributed by atoms with Gasteiger partial charge in [-0.15, -0.1) is 0 Å². The number of aromatic nitrogens is 2. The average molecular weight is 636 g/mol. The fraction of sp³-hybridized carbons (Fsp3) is 0.296. The molecule has 0 aliphatic heterocycles. The van der Waals surface area contributed by atoms with Crippen LogP contribution < -0.4 is 0 Å². The molecule has 0 radical (unpaired) electrons. The molecule has 1 heterocycles. The number of ether oxygens (including phenoxy) is 2. The Morgan fingerprint density at radius 1 is 0.892 bits per heavy atom. The molecule has 37 heavy (non-hydrogen) atoms. The van der Waals surface area contributed by atoms with Crippen molar-refractivity contribution in [2.45, 2.75) is 27.7 Å². The van der Waals surface area contributed by atoms with Crippen molar-refractivity contribution in [3.63, 3.8) is 0 Å². The first-order valence-corrected chi connectivity index (χ1v) is 13.0. The topological polar surface area (TPSA) is 105 Å². The number of nitrogens with zero attached hydrogens (tertiary/aromatic N) is 2. The zero-order valence-electron chi connectivity index (χ0n) is 21.2. The summed E-state index contributed by atoms with van der Waals surface area (Å²) in [5.41, 5.74) is 3.25. The second-order valence-corrected chi connectivity index (χ2v) is 9.66. The number of carbonyl (C=O) groups excluding carboxylic acids is 4. The van der Waals surface area contributed by atoms with Crippen LogP contribution in [-0.4, -0.2) is 46.5 Å². The molecule has 0 bridgehead atoms. The molecule has 1 aromatic heterocycles. The molecule has 196 valence electrons. The van der Waals surface area contributed by atoms with Gasteiger partial charge in [0.2, 0.25) is 0 Å². The monoisotopic (exact) mass is 634 g/mol. The first-order chi connectivity index (χ1) is 17.5. The van der Waals surface area contributed by atoms with Crippen LogP contribution in [-0.2, 0) is 26.1 Å². The van der Waals surface area contributed by atoms with E-state index in [1.165, 1.54) is 6.92 Å². The third-order valence-electron chi connectivity index (χ3n) is 5.14. The van der Waals surface area contributed by atoms with Gasteiger partial charge in [0, 0.05) is 27.1 Å². The van der Waals surface area contributed by atoms with Crippen molar-refractivity contribution in [1.82, 2.24) is 9.78 Å². The van der Waals surface area contributed by atoms with E-state index in [0.717, 1.165) is 20.2 Å². The van der Waals surface area contributed by atoms with Gasteiger partial charge in [-0.3, -0.25) is 19.1 Å². The molecule has 0 N–H and O–H groups in total. The molecule has 0 spiro atoms. The summed E-state index contributed by atoms with van der Waals surface area (Å²) in [5.74, 6) is -3.54. The lowest BCUT2D eigenvalue weighted by molar-refractivity contribution is -0.148. The Hall–Kier alpha value is -3.11. The molecule has 1 unspecified atom stereocenters. The molecule has 0 saturated carbocycles. The van der Waals surface area contributed by atoms with E-state index in [4.69, 9.17) is 9.47 Å². The van der Waals surface area contributed by atoms with Crippen LogP contribution in [0, 0.1) is 12.8 Å². The van der Waals surface area contributed by atoms with Crippen molar-refractivity contribution >= 4 is 55.4 Å². The summed E-state index contributed by atoms with van der Waals surface area (Å²) in [6.07, 6.45) is 0. The van der Waals surface area contributed by atoms with Crippen molar-refractivity contribution in [2.75, 3.05) is 13.2 Å². The molecule has 8 nitrogen and oxygen atoms in total. The first-order valence-electron chi connectivity index (χ1n) is 11.4. The third kappa shape index (κ3) is 7.93. The lowest BCUT2D eigenvalue weighted by Gasteiger charge is -2.11. The number of aryl methyl sites for hydroxylation is 2. The van der Waals surface area contributed by atoms with E-state index >= 15 is 0 Å². The highest BCUT2D eigenvalue weighted by Gasteiger charge is 2.33. The Bertz CT molecular complexity index is 1270. The molecular formula is C27H28Br2N2O6. The van der Waals surface area contributed by atoms with Gasteiger partial charge in [-0.1, -0.05) is 56.1 Å². The molecule has 3 aromatic rings. The normalized spacial score (nSPS) is 11.1. The summed E-state index contributed by atoms with van der Waals surface area (Å²) in [5, 5.41) is 4.32. The van der Waals surface area contributed by atoms with E-state index in [0.29, 0.717) is 23.4 Å². The Morgan fingerprint density at radius 2 is 1.41 bits per heavy atom. The van der Waals surface area contributed by atoms with Crippen molar-refractivity contribution in [3.8, 4) is 11.3 Å². The van der Waals surface area contributed by atoms with Crippen LogP contribution in [0.3, 0.4) is 0 Å². The fourth-order valence-corrected chi connectivity index (χ4v) is 4.04. The molecule has 2 aromatic carbocycles. The number of benzene rings is 2. The number of ketones is 2. The van der Waals surface area contributed by atoms with Crippen molar-refractivity contribution in [3.05, 3.63) is 74.3 Å². The molecular weight excluding hydrogens is 608 g/mol. The zero-order valence-corrected chi connectivity index (χ0v) is 24.4. The summed E-state index contributed by atoms with van der Waals surface area (Å²) in [6.45, 7) is 6.93. The van der Waals surface area contributed by atoms with Crippen LogP contribution in [0.1, 0.15) is 47.2 Å². The number of halogens is 2. The van der Waals surface area contributed by atoms with Gasteiger partial charge >= 0.3 is 11.9 Å². The molecule has 10 heteroatoms. The number of esters is 2. The molecule has 0 aliphatic carbocycles. The van der Waals surface area contributed by atoms with Crippen LogP contribution in [0.25, 0.3) is 11.3 Å². The van der Waals surface area contributed by atoms with Crippen LogP contribution in [0.4, 0.5) is 0 Å². The fourth-order valence-electron chi connectivity index (χ4n) is 3.51. The van der Waals surface area contributed by atoms with E-state index < -0.39 is 23.5 Å². The smallest absolute Gasteiger partial charge is 0.342 e. The maximum atomic E-state index is 12.1. The second-order valence-electron chi connectivity index (χ2n) is 7.83. The minimum atomic E-state index is -1.37. The van der Waals surface area contributed by atoms with Gasteiger partial charge in [-0.2, -0.15) is 5.10 Å². The van der Waals surface area contributed by atoms with Gasteiger partial charge in [0.25, 0.3) is 0 Å². The molecule has 3 rings (SSSR count). The highest BCUT2D eigenvalue weighted by Crippen LogP contribution is 2.27. The second kappa shape index (κ2) is 14.0. The highest BCUT2D eigenvalue weighted by molar-refractivity contribution is 9.10. The molecule has 1 atom stereocenters. The first kappa shape index (κ1) is 30.1. The predicted octanol–water partition coefficient (Wildman–Crippen LogP) is 5.73. The minimum Gasteiger partial charge on any atom is -0.465 e.